The molecule has 1 aromatic carbocycles. The number of hydrogen-bond acceptors (Lipinski definition) is 4. The van der Waals surface area contributed by atoms with Gasteiger partial charge in [0, 0.05) is 28.8 Å². The number of aromatic amines is 1. The number of H-pyrrole nitrogens is 1. The van der Waals surface area contributed by atoms with Crippen LogP contribution < -0.4 is 5.32 Å². The summed E-state index contributed by atoms with van der Waals surface area (Å²) >= 11 is 1.24. The number of fused-ring (bicyclic) bond motifs is 1. The fourth-order valence-electron chi connectivity index (χ4n) is 2.14. The van der Waals surface area contributed by atoms with E-state index in [1.165, 1.54) is 30.7 Å². The van der Waals surface area contributed by atoms with Crippen LogP contribution in [0, 0.1) is 5.82 Å². The predicted octanol–water partition coefficient (Wildman–Crippen LogP) is 3.16. The summed E-state index contributed by atoms with van der Waals surface area (Å²) < 4.78 is 19.9. The van der Waals surface area contributed by atoms with Crippen LogP contribution >= 0.6 is 11.3 Å². The Morgan fingerprint density at radius 2 is 2.33 bits per heavy atom. The predicted molar refractivity (Wildman–Crippen MR) is 79.0 cm³/mol. The minimum atomic E-state index is -0.351. The second kappa shape index (κ2) is 5.63. The standard InChI is InChI=1S/C14H12FN3O2S/c1-20-7-8-12-9(15)3-2-4-10(12)21-13(8)14(19)17-11-5-6-16-18-11/h2-6H,7H2,1H3,(H2,16,17,18,19). The number of thiophene rings is 1. The number of carbonyl (C=O) groups excluding carboxylic acids is 1. The second-order valence-corrected chi connectivity index (χ2v) is 5.43. The number of aromatic nitrogens is 2. The smallest absolute Gasteiger partial charge is 0.267 e. The highest BCUT2D eigenvalue weighted by Crippen LogP contribution is 2.34. The molecule has 0 aliphatic heterocycles. The lowest BCUT2D eigenvalue weighted by molar-refractivity contribution is 0.102. The van der Waals surface area contributed by atoms with Crippen molar-refractivity contribution < 1.29 is 13.9 Å². The van der Waals surface area contributed by atoms with Gasteiger partial charge in [-0.25, -0.2) is 4.39 Å². The zero-order valence-electron chi connectivity index (χ0n) is 11.1. The maximum atomic E-state index is 14.0. The Kier molecular flexibility index (Phi) is 3.68. The zero-order valence-corrected chi connectivity index (χ0v) is 12.0. The van der Waals surface area contributed by atoms with Crippen LogP contribution in [0.5, 0.6) is 0 Å². The lowest BCUT2D eigenvalue weighted by Gasteiger charge is -2.04. The van der Waals surface area contributed by atoms with Gasteiger partial charge < -0.3 is 10.1 Å². The van der Waals surface area contributed by atoms with Gasteiger partial charge in [-0.2, -0.15) is 5.10 Å². The molecule has 7 heteroatoms. The fraction of sp³-hybridized carbons (Fsp3) is 0.143. The molecule has 3 rings (SSSR count). The number of carbonyl (C=O) groups is 1. The van der Waals surface area contributed by atoms with E-state index < -0.39 is 0 Å². The molecule has 2 N–H and O–H groups in total. The van der Waals surface area contributed by atoms with Gasteiger partial charge in [0.25, 0.3) is 5.91 Å². The first kappa shape index (κ1) is 13.7. The van der Waals surface area contributed by atoms with Gasteiger partial charge in [0.15, 0.2) is 0 Å². The average molecular weight is 305 g/mol. The van der Waals surface area contributed by atoms with Crippen molar-refractivity contribution in [2.45, 2.75) is 6.61 Å². The molecule has 0 fully saturated rings. The number of ether oxygens (including phenoxy) is 1. The van der Waals surface area contributed by atoms with Crippen molar-refractivity contribution in [1.29, 1.82) is 0 Å². The quantitative estimate of drug-likeness (QED) is 0.778. The molecule has 2 aromatic heterocycles. The molecule has 0 radical (unpaired) electrons. The van der Waals surface area contributed by atoms with Gasteiger partial charge in [0.1, 0.15) is 11.6 Å². The molecular formula is C14H12FN3O2S. The Morgan fingerprint density at radius 3 is 3.05 bits per heavy atom. The fourth-order valence-corrected chi connectivity index (χ4v) is 3.25. The first-order chi connectivity index (χ1) is 10.2. The van der Waals surface area contributed by atoms with Crippen LogP contribution in [0.2, 0.25) is 0 Å². The Hall–Kier alpha value is -2.25. The van der Waals surface area contributed by atoms with Gasteiger partial charge in [-0.05, 0) is 12.1 Å². The number of anilines is 1. The topological polar surface area (TPSA) is 67.0 Å². The molecule has 108 valence electrons. The molecule has 0 spiro atoms. The SMILES string of the molecule is COCc1c(C(=O)Nc2ccn[nH]2)sc2cccc(F)c12. The van der Waals surface area contributed by atoms with Crippen molar-refractivity contribution in [2.24, 2.45) is 0 Å². The highest BCUT2D eigenvalue weighted by Gasteiger charge is 2.20. The average Bonchev–Trinajstić information content (AvgIpc) is 3.08. The molecule has 2 heterocycles. The maximum Gasteiger partial charge on any atom is 0.267 e. The van der Waals surface area contributed by atoms with E-state index in [2.05, 4.69) is 15.5 Å². The molecule has 1 amide bonds. The molecule has 0 unspecified atom stereocenters. The summed E-state index contributed by atoms with van der Waals surface area (Å²) in [5.74, 6) is -0.176. The molecule has 5 nitrogen and oxygen atoms in total. The summed E-state index contributed by atoms with van der Waals surface area (Å²) in [6.07, 6.45) is 1.54. The van der Waals surface area contributed by atoms with Crippen molar-refractivity contribution in [3.63, 3.8) is 0 Å². The van der Waals surface area contributed by atoms with Gasteiger partial charge in [0.2, 0.25) is 0 Å². The third kappa shape index (κ3) is 2.53. The number of nitrogens with zero attached hydrogens (tertiary/aromatic N) is 1. The molecule has 0 aliphatic rings. The van der Waals surface area contributed by atoms with E-state index in [1.54, 1.807) is 18.2 Å². The highest BCUT2D eigenvalue weighted by atomic mass is 32.1. The molecule has 21 heavy (non-hydrogen) atoms. The van der Waals surface area contributed by atoms with Gasteiger partial charge in [-0.15, -0.1) is 11.3 Å². The minimum Gasteiger partial charge on any atom is -0.380 e. The summed E-state index contributed by atoms with van der Waals surface area (Å²) in [6.45, 7) is 0.173. The van der Waals surface area contributed by atoms with Gasteiger partial charge >= 0.3 is 0 Å². The Labute approximate surface area is 123 Å². The van der Waals surface area contributed by atoms with Crippen LogP contribution in [0.25, 0.3) is 10.1 Å². The van der Waals surface area contributed by atoms with Crippen LogP contribution in [0.3, 0.4) is 0 Å². The number of methoxy groups -OCH3 is 1. The zero-order chi connectivity index (χ0) is 14.8. The van der Waals surface area contributed by atoms with Crippen LogP contribution in [0.1, 0.15) is 15.2 Å². The van der Waals surface area contributed by atoms with E-state index in [-0.39, 0.29) is 18.3 Å². The van der Waals surface area contributed by atoms with E-state index in [1.807, 2.05) is 0 Å². The van der Waals surface area contributed by atoms with Crippen LogP contribution in [0.4, 0.5) is 10.2 Å². The van der Waals surface area contributed by atoms with Crippen LogP contribution in [0.15, 0.2) is 30.5 Å². The normalized spacial score (nSPS) is 11.0. The van der Waals surface area contributed by atoms with E-state index in [9.17, 15) is 9.18 Å². The first-order valence-corrected chi connectivity index (χ1v) is 7.02. The molecule has 0 aliphatic carbocycles. The first-order valence-electron chi connectivity index (χ1n) is 6.20. The largest absolute Gasteiger partial charge is 0.380 e. The number of nitrogens with one attached hydrogen (secondary N) is 2. The van der Waals surface area contributed by atoms with Crippen LogP contribution in [-0.2, 0) is 11.3 Å². The second-order valence-electron chi connectivity index (χ2n) is 4.38. The molecule has 0 bridgehead atoms. The third-order valence-electron chi connectivity index (χ3n) is 3.01. The molecular weight excluding hydrogens is 293 g/mol. The summed E-state index contributed by atoms with van der Waals surface area (Å²) in [5, 5.41) is 9.55. The summed E-state index contributed by atoms with van der Waals surface area (Å²) in [7, 11) is 1.51. The number of hydrogen-bond donors (Lipinski definition) is 2. The summed E-state index contributed by atoms with van der Waals surface area (Å²) in [4.78, 5) is 12.8. The maximum absolute atomic E-state index is 14.0. The monoisotopic (exact) mass is 305 g/mol. The van der Waals surface area contributed by atoms with Gasteiger partial charge in [0.05, 0.1) is 17.7 Å². The van der Waals surface area contributed by atoms with Crippen LogP contribution in [-0.4, -0.2) is 23.2 Å². The number of halogens is 1. The highest BCUT2D eigenvalue weighted by molar-refractivity contribution is 7.21. The van der Waals surface area contributed by atoms with Gasteiger partial charge in [-0.1, -0.05) is 6.07 Å². The minimum absolute atomic E-state index is 0.173. The van der Waals surface area contributed by atoms with Crippen molar-refractivity contribution in [2.75, 3.05) is 12.4 Å². The van der Waals surface area contributed by atoms with Gasteiger partial charge in [-0.3, -0.25) is 9.89 Å². The van der Waals surface area contributed by atoms with Crippen molar-refractivity contribution in [1.82, 2.24) is 10.2 Å². The van der Waals surface area contributed by atoms with E-state index in [4.69, 9.17) is 4.74 Å². The lowest BCUT2D eigenvalue weighted by Crippen LogP contribution is -2.12. The molecule has 3 aromatic rings. The van der Waals surface area contributed by atoms with E-state index in [0.717, 1.165) is 4.70 Å². The number of benzene rings is 1. The Bertz CT molecular complexity index is 783. The van der Waals surface area contributed by atoms with E-state index in [0.29, 0.717) is 21.6 Å². The molecule has 0 saturated heterocycles. The lowest BCUT2D eigenvalue weighted by atomic mass is 10.1. The van der Waals surface area contributed by atoms with E-state index >= 15 is 0 Å². The summed E-state index contributed by atoms with van der Waals surface area (Å²) in [6, 6.07) is 6.43. The molecule has 0 atom stereocenters. The third-order valence-corrected chi connectivity index (χ3v) is 4.20. The van der Waals surface area contributed by atoms with Crippen molar-refractivity contribution in [3.8, 4) is 0 Å². The number of amides is 1. The summed E-state index contributed by atoms with van der Waals surface area (Å²) in [5.41, 5.74) is 0.563. The Balaban J connectivity index is 2.06. The number of rotatable bonds is 4. The van der Waals surface area contributed by atoms with Crippen molar-refractivity contribution in [3.05, 3.63) is 46.7 Å². The Morgan fingerprint density at radius 1 is 1.48 bits per heavy atom. The van der Waals surface area contributed by atoms with Crippen molar-refractivity contribution >= 4 is 33.1 Å². The molecule has 0 saturated carbocycles.